The van der Waals surface area contributed by atoms with Gasteiger partial charge in [-0.05, 0) is 19.9 Å². The van der Waals surface area contributed by atoms with E-state index in [0.717, 1.165) is 6.42 Å². The molecular weight excluding hydrogens is 144 g/mol. The van der Waals surface area contributed by atoms with Gasteiger partial charge in [-0.15, -0.1) is 11.3 Å². The highest BCUT2D eigenvalue weighted by Crippen LogP contribution is 2.32. The highest BCUT2D eigenvalue weighted by Gasteiger charge is 2.22. The van der Waals surface area contributed by atoms with E-state index in [4.69, 9.17) is 0 Å². The van der Waals surface area contributed by atoms with Crippen molar-refractivity contribution in [3.05, 3.63) is 16.1 Å². The fourth-order valence-electron chi connectivity index (χ4n) is 1.44. The molecule has 0 fully saturated rings. The molecular formula is C7H10N2S. The molecule has 1 heterocycles. The molecule has 0 aliphatic heterocycles. The molecule has 1 N–H and O–H groups in total. The number of nitrogens with zero attached hydrogens (tertiary/aromatic N) is 1. The minimum absolute atomic E-state index is 0.586. The van der Waals surface area contributed by atoms with Gasteiger partial charge in [0.15, 0.2) is 0 Å². The van der Waals surface area contributed by atoms with Crippen LogP contribution in [-0.2, 0) is 6.42 Å². The molecule has 0 saturated heterocycles. The van der Waals surface area contributed by atoms with Gasteiger partial charge in [0.2, 0.25) is 0 Å². The summed E-state index contributed by atoms with van der Waals surface area (Å²) in [5, 5.41) is 3.28. The Bertz CT molecular complexity index is 231. The van der Waals surface area contributed by atoms with Crippen molar-refractivity contribution in [2.24, 2.45) is 0 Å². The molecule has 1 aromatic rings. The Hall–Kier alpha value is -0.410. The lowest BCUT2D eigenvalue weighted by Gasteiger charge is -2.04. The van der Waals surface area contributed by atoms with E-state index in [1.807, 2.05) is 12.6 Å². The molecule has 0 amide bonds. The Labute approximate surface area is 64.3 Å². The Balaban J connectivity index is 2.34. The highest BCUT2D eigenvalue weighted by atomic mass is 32.1. The first kappa shape index (κ1) is 6.31. The molecule has 2 nitrogen and oxygen atoms in total. The van der Waals surface area contributed by atoms with Gasteiger partial charge in [-0.25, -0.2) is 4.98 Å². The maximum absolute atomic E-state index is 4.27. The zero-order chi connectivity index (χ0) is 6.97. The summed E-state index contributed by atoms with van der Waals surface area (Å²) in [5.74, 6) is 0. The summed E-state index contributed by atoms with van der Waals surface area (Å²) in [6, 6.07) is 0.586. The number of thiazole rings is 1. The fraction of sp³-hybridized carbons (Fsp3) is 0.571. The predicted molar refractivity (Wildman–Crippen MR) is 42.2 cm³/mol. The first-order valence-corrected chi connectivity index (χ1v) is 4.39. The van der Waals surface area contributed by atoms with Crippen molar-refractivity contribution in [3.63, 3.8) is 0 Å². The second-order valence-electron chi connectivity index (χ2n) is 2.54. The van der Waals surface area contributed by atoms with Crippen LogP contribution in [0.25, 0.3) is 0 Å². The molecule has 1 aliphatic rings. The van der Waals surface area contributed by atoms with Gasteiger partial charge >= 0.3 is 0 Å². The average molecular weight is 154 g/mol. The SMILES string of the molecule is CNC1CCc2ncsc21. The van der Waals surface area contributed by atoms with Crippen molar-refractivity contribution in [1.82, 2.24) is 10.3 Å². The molecule has 0 bridgehead atoms. The lowest BCUT2D eigenvalue weighted by molar-refractivity contribution is 0.596. The topological polar surface area (TPSA) is 24.9 Å². The Morgan fingerprint density at radius 1 is 1.80 bits per heavy atom. The predicted octanol–water partition coefficient (Wildman–Crippen LogP) is 1.35. The lowest BCUT2D eigenvalue weighted by Crippen LogP contribution is -2.11. The summed E-state index contributed by atoms with van der Waals surface area (Å²) >= 11 is 1.77. The lowest BCUT2D eigenvalue weighted by atomic mass is 10.3. The van der Waals surface area contributed by atoms with Crippen LogP contribution >= 0.6 is 11.3 Å². The number of rotatable bonds is 1. The Morgan fingerprint density at radius 2 is 2.70 bits per heavy atom. The maximum atomic E-state index is 4.27. The van der Waals surface area contributed by atoms with E-state index in [1.165, 1.54) is 17.0 Å². The van der Waals surface area contributed by atoms with Crippen molar-refractivity contribution in [1.29, 1.82) is 0 Å². The average Bonchev–Trinajstić information content (AvgIpc) is 2.44. The first-order valence-electron chi connectivity index (χ1n) is 3.51. The van der Waals surface area contributed by atoms with Crippen LogP contribution in [0.4, 0.5) is 0 Å². The minimum Gasteiger partial charge on any atom is -0.312 e. The Morgan fingerprint density at radius 3 is 3.50 bits per heavy atom. The Kier molecular flexibility index (Phi) is 1.47. The van der Waals surface area contributed by atoms with Gasteiger partial charge in [-0.1, -0.05) is 0 Å². The van der Waals surface area contributed by atoms with Gasteiger partial charge < -0.3 is 5.32 Å². The number of aryl methyl sites for hydroxylation is 1. The van der Waals surface area contributed by atoms with E-state index < -0.39 is 0 Å². The summed E-state index contributed by atoms with van der Waals surface area (Å²) in [7, 11) is 2.01. The van der Waals surface area contributed by atoms with Crippen molar-refractivity contribution in [2.75, 3.05) is 7.05 Å². The van der Waals surface area contributed by atoms with E-state index >= 15 is 0 Å². The van der Waals surface area contributed by atoms with Crippen LogP contribution in [0.15, 0.2) is 5.51 Å². The second-order valence-corrected chi connectivity index (χ2v) is 3.43. The number of nitrogens with one attached hydrogen (secondary N) is 1. The van der Waals surface area contributed by atoms with Crippen LogP contribution < -0.4 is 5.32 Å². The largest absolute Gasteiger partial charge is 0.312 e. The van der Waals surface area contributed by atoms with Crippen LogP contribution in [0.3, 0.4) is 0 Å². The molecule has 0 radical (unpaired) electrons. The summed E-state index contributed by atoms with van der Waals surface area (Å²) < 4.78 is 0. The zero-order valence-corrected chi connectivity index (χ0v) is 6.74. The number of aromatic nitrogens is 1. The molecule has 0 spiro atoms. The summed E-state index contributed by atoms with van der Waals surface area (Å²) in [6.07, 6.45) is 2.38. The highest BCUT2D eigenvalue weighted by molar-refractivity contribution is 7.09. The van der Waals surface area contributed by atoms with E-state index in [2.05, 4.69) is 10.3 Å². The first-order chi connectivity index (χ1) is 4.92. The molecule has 0 aromatic carbocycles. The third kappa shape index (κ3) is 0.777. The third-order valence-electron chi connectivity index (χ3n) is 2.01. The van der Waals surface area contributed by atoms with Crippen molar-refractivity contribution < 1.29 is 0 Å². The molecule has 0 saturated carbocycles. The number of fused-ring (bicyclic) bond motifs is 1. The van der Waals surface area contributed by atoms with Crippen LogP contribution in [0.5, 0.6) is 0 Å². The van der Waals surface area contributed by atoms with Crippen LogP contribution in [0.1, 0.15) is 23.0 Å². The van der Waals surface area contributed by atoms with Gasteiger partial charge in [-0.2, -0.15) is 0 Å². The van der Waals surface area contributed by atoms with Crippen LogP contribution in [0.2, 0.25) is 0 Å². The third-order valence-corrected chi connectivity index (χ3v) is 2.99. The van der Waals surface area contributed by atoms with Gasteiger partial charge in [0.25, 0.3) is 0 Å². The monoisotopic (exact) mass is 154 g/mol. The van der Waals surface area contributed by atoms with Crippen LogP contribution in [0, 0.1) is 0 Å². The molecule has 1 aliphatic carbocycles. The molecule has 1 atom stereocenters. The zero-order valence-electron chi connectivity index (χ0n) is 5.92. The van der Waals surface area contributed by atoms with E-state index in [9.17, 15) is 0 Å². The number of hydrogen-bond acceptors (Lipinski definition) is 3. The van der Waals surface area contributed by atoms with Gasteiger partial charge in [0.05, 0.1) is 11.2 Å². The maximum Gasteiger partial charge on any atom is 0.0798 e. The molecule has 2 rings (SSSR count). The van der Waals surface area contributed by atoms with Gasteiger partial charge in [0, 0.05) is 10.9 Å². The molecule has 1 unspecified atom stereocenters. The minimum atomic E-state index is 0.586. The van der Waals surface area contributed by atoms with E-state index in [0.29, 0.717) is 6.04 Å². The second kappa shape index (κ2) is 2.32. The quantitative estimate of drug-likeness (QED) is 0.660. The number of hydrogen-bond donors (Lipinski definition) is 1. The van der Waals surface area contributed by atoms with E-state index in [-0.39, 0.29) is 0 Å². The molecule has 3 heteroatoms. The standard InChI is InChI=1S/C7H10N2S/c1-8-5-2-3-6-7(5)10-4-9-6/h4-5,8H,2-3H2,1H3. The molecule has 10 heavy (non-hydrogen) atoms. The molecule has 54 valence electrons. The van der Waals surface area contributed by atoms with Crippen molar-refractivity contribution in [3.8, 4) is 0 Å². The van der Waals surface area contributed by atoms with Gasteiger partial charge in [0.1, 0.15) is 0 Å². The van der Waals surface area contributed by atoms with Crippen molar-refractivity contribution in [2.45, 2.75) is 18.9 Å². The molecule has 1 aromatic heterocycles. The van der Waals surface area contributed by atoms with Gasteiger partial charge in [-0.3, -0.25) is 0 Å². The summed E-state index contributed by atoms with van der Waals surface area (Å²) in [4.78, 5) is 5.72. The van der Waals surface area contributed by atoms with Crippen molar-refractivity contribution >= 4 is 11.3 Å². The summed E-state index contributed by atoms with van der Waals surface area (Å²) in [6.45, 7) is 0. The smallest absolute Gasteiger partial charge is 0.0798 e. The summed E-state index contributed by atoms with van der Waals surface area (Å²) in [5.41, 5.74) is 3.25. The van der Waals surface area contributed by atoms with E-state index in [1.54, 1.807) is 11.3 Å². The fourth-order valence-corrected chi connectivity index (χ4v) is 2.42. The normalized spacial score (nSPS) is 23.1. The van der Waals surface area contributed by atoms with Crippen LogP contribution in [-0.4, -0.2) is 12.0 Å².